The minimum Gasteiger partial charge on any atom is -0.353 e. The van der Waals surface area contributed by atoms with Crippen LogP contribution in [0.4, 0.5) is 5.95 Å². The van der Waals surface area contributed by atoms with Crippen molar-refractivity contribution in [3.8, 4) is 0 Å². The molecule has 4 heteroatoms. The van der Waals surface area contributed by atoms with E-state index in [2.05, 4.69) is 27.4 Å². The summed E-state index contributed by atoms with van der Waals surface area (Å²) < 4.78 is 0. The van der Waals surface area contributed by atoms with Crippen LogP contribution in [-0.2, 0) is 0 Å². The van der Waals surface area contributed by atoms with Crippen molar-refractivity contribution in [3.05, 3.63) is 24.3 Å². The maximum absolute atomic E-state index is 4.46. The van der Waals surface area contributed by atoms with E-state index in [0.717, 1.165) is 17.6 Å². The molecule has 1 aromatic carbocycles. The van der Waals surface area contributed by atoms with Gasteiger partial charge in [0, 0.05) is 6.54 Å². The summed E-state index contributed by atoms with van der Waals surface area (Å²) >= 11 is 0. The Balaban J connectivity index is 1.59. The molecule has 4 nitrogen and oxygen atoms in total. The van der Waals surface area contributed by atoms with Crippen molar-refractivity contribution in [2.45, 2.75) is 58.3 Å². The summed E-state index contributed by atoms with van der Waals surface area (Å²) in [6.45, 7) is 3.18. The highest BCUT2D eigenvalue weighted by molar-refractivity contribution is 5.73. The molecule has 0 saturated carbocycles. The Bertz CT molecular complexity index is 527. The molecule has 0 spiro atoms. The van der Waals surface area contributed by atoms with Gasteiger partial charge in [0.2, 0.25) is 5.95 Å². The quantitative estimate of drug-likeness (QED) is 0.650. The summed E-state index contributed by atoms with van der Waals surface area (Å²) in [4.78, 5) is 4.46. The van der Waals surface area contributed by atoms with Crippen LogP contribution in [-0.4, -0.2) is 21.7 Å². The molecule has 0 saturated heterocycles. The first kappa shape index (κ1) is 15.7. The zero-order valence-corrected chi connectivity index (χ0v) is 13.0. The fourth-order valence-electron chi connectivity index (χ4n) is 2.41. The molecule has 0 aliphatic carbocycles. The van der Waals surface area contributed by atoms with Gasteiger partial charge in [-0.1, -0.05) is 64.0 Å². The smallest absolute Gasteiger partial charge is 0.243 e. The predicted molar refractivity (Wildman–Crippen MR) is 88.4 cm³/mol. The van der Waals surface area contributed by atoms with Crippen molar-refractivity contribution in [2.75, 3.05) is 11.9 Å². The Kier molecular flexibility index (Phi) is 6.92. The minimum atomic E-state index is 0.636. The van der Waals surface area contributed by atoms with Crippen molar-refractivity contribution in [2.24, 2.45) is 0 Å². The van der Waals surface area contributed by atoms with Crippen LogP contribution < -0.4 is 5.32 Å². The van der Waals surface area contributed by atoms with Gasteiger partial charge in [-0.15, -0.1) is 10.2 Å². The second kappa shape index (κ2) is 9.27. The molecule has 1 N–H and O–H groups in total. The van der Waals surface area contributed by atoms with Gasteiger partial charge in [0.1, 0.15) is 5.52 Å². The van der Waals surface area contributed by atoms with Crippen LogP contribution in [0.3, 0.4) is 0 Å². The summed E-state index contributed by atoms with van der Waals surface area (Å²) in [5, 5.41) is 11.5. The number of hydrogen-bond donors (Lipinski definition) is 1. The monoisotopic (exact) mass is 286 g/mol. The van der Waals surface area contributed by atoms with Gasteiger partial charge < -0.3 is 5.32 Å². The van der Waals surface area contributed by atoms with Crippen LogP contribution in [0.25, 0.3) is 11.0 Å². The second-order valence-electron chi connectivity index (χ2n) is 5.53. The topological polar surface area (TPSA) is 50.7 Å². The SMILES string of the molecule is CCCCCCCCCCNc1nnc2ccccc2n1. The third kappa shape index (κ3) is 5.66. The van der Waals surface area contributed by atoms with E-state index in [1.807, 2.05) is 24.3 Å². The molecule has 0 radical (unpaired) electrons. The molecule has 0 aliphatic heterocycles. The fraction of sp³-hybridized carbons (Fsp3) is 0.588. The van der Waals surface area contributed by atoms with E-state index < -0.39 is 0 Å². The van der Waals surface area contributed by atoms with Gasteiger partial charge in [-0.25, -0.2) is 4.98 Å². The van der Waals surface area contributed by atoms with Crippen LogP contribution >= 0.6 is 0 Å². The van der Waals surface area contributed by atoms with E-state index in [-0.39, 0.29) is 0 Å². The zero-order valence-electron chi connectivity index (χ0n) is 13.0. The van der Waals surface area contributed by atoms with Crippen LogP contribution in [0.1, 0.15) is 58.3 Å². The molecular weight excluding hydrogens is 260 g/mol. The molecule has 0 atom stereocenters. The third-order valence-electron chi connectivity index (χ3n) is 3.67. The fourth-order valence-corrected chi connectivity index (χ4v) is 2.41. The molecule has 0 unspecified atom stereocenters. The number of fused-ring (bicyclic) bond motifs is 1. The summed E-state index contributed by atoms with van der Waals surface area (Å²) in [7, 11) is 0. The summed E-state index contributed by atoms with van der Waals surface area (Å²) in [5.74, 6) is 0.636. The average Bonchev–Trinajstić information content (AvgIpc) is 2.53. The number of aromatic nitrogens is 3. The Morgan fingerprint density at radius 1 is 0.810 bits per heavy atom. The summed E-state index contributed by atoms with van der Waals surface area (Å²) in [6.07, 6.45) is 10.6. The highest BCUT2D eigenvalue weighted by atomic mass is 15.2. The molecule has 0 aliphatic rings. The van der Waals surface area contributed by atoms with E-state index >= 15 is 0 Å². The molecule has 0 fully saturated rings. The Morgan fingerprint density at radius 2 is 1.48 bits per heavy atom. The molecule has 114 valence electrons. The lowest BCUT2D eigenvalue weighted by molar-refractivity contribution is 0.580. The van der Waals surface area contributed by atoms with Crippen molar-refractivity contribution in [3.63, 3.8) is 0 Å². The number of unbranched alkanes of at least 4 members (excludes halogenated alkanes) is 7. The third-order valence-corrected chi connectivity index (χ3v) is 3.67. The second-order valence-corrected chi connectivity index (χ2v) is 5.53. The largest absolute Gasteiger partial charge is 0.353 e. The highest BCUT2D eigenvalue weighted by Gasteiger charge is 1.99. The van der Waals surface area contributed by atoms with E-state index in [4.69, 9.17) is 0 Å². The van der Waals surface area contributed by atoms with Gasteiger partial charge in [-0.2, -0.15) is 0 Å². The molecule has 0 bridgehead atoms. The Labute approximate surface area is 127 Å². The number of anilines is 1. The van der Waals surface area contributed by atoms with Gasteiger partial charge in [0.25, 0.3) is 0 Å². The average molecular weight is 286 g/mol. The molecule has 2 aromatic rings. The summed E-state index contributed by atoms with van der Waals surface area (Å²) in [5.41, 5.74) is 1.74. The van der Waals surface area contributed by atoms with Crippen molar-refractivity contribution in [1.29, 1.82) is 0 Å². The van der Waals surface area contributed by atoms with Gasteiger partial charge in [0.15, 0.2) is 0 Å². The zero-order chi connectivity index (χ0) is 14.8. The molecule has 0 amide bonds. The number of hydrogen-bond acceptors (Lipinski definition) is 4. The van der Waals surface area contributed by atoms with E-state index in [9.17, 15) is 0 Å². The lowest BCUT2D eigenvalue weighted by Crippen LogP contribution is -2.06. The lowest BCUT2D eigenvalue weighted by Gasteiger charge is -2.05. The Morgan fingerprint density at radius 3 is 2.24 bits per heavy atom. The Hall–Kier alpha value is -1.71. The van der Waals surface area contributed by atoms with Crippen LogP contribution in [0.2, 0.25) is 0 Å². The van der Waals surface area contributed by atoms with Gasteiger partial charge in [0.05, 0.1) is 5.52 Å². The maximum Gasteiger partial charge on any atom is 0.243 e. The molecule has 2 rings (SSSR count). The molecule has 1 heterocycles. The number of nitrogens with zero attached hydrogens (tertiary/aromatic N) is 3. The van der Waals surface area contributed by atoms with Gasteiger partial charge >= 0.3 is 0 Å². The first-order valence-electron chi connectivity index (χ1n) is 8.23. The normalized spacial score (nSPS) is 10.9. The van der Waals surface area contributed by atoms with Crippen molar-refractivity contribution < 1.29 is 0 Å². The van der Waals surface area contributed by atoms with Crippen molar-refractivity contribution >= 4 is 17.0 Å². The highest BCUT2D eigenvalue weighted by Crippen LogP contribution is 2.10. The van der Waals surface area contributed by atoms with Crippen LogP contribution in [0.15, 0.2) is 24.3 Å². The predicted octanol–water partition coefficient (Wildman–Crippen LogP) is 4.58. The first-order valence-corrected chi connectivity index (χ1v) is 8.23. The van der Waals surface area contributed by atoms with E-state index in [0.29, 0.717) is 5.95 Å². The maximum atomic E-state index is 4.46. The number of rotatable bonds is 10. The first-order chi connectivity index (χ1) is 10.4. The van der Waals surface area contributed by atoms with Gasteiger partial charge in [-0.05, 0) is 18.6 Å². The number of nitrogens with one attached hydrogen (secondary N) is 1. The molecule has 1 aromatic heterocycles. The molecule has 21 heavy (non-hydrogen) atoms. The summed E-state index contributed by atoms with van der Waals surface area (Å²) in [6, 6.07) is 7.81. The van der Waals surface area contributed by atoms with Crippen molar-refractivity contribution in [1.82, 2.24) is 15.2 Å². The van der Waals surface area contributed by atoms with Crippen LogP contribution in [0, 0.1) is 0 Å². The van der Waals surface area contributed by atoms with E-state index in [1.54, 1.807) is 0 Å². The standard InChI is InChI=1S/C17H26N4/c1-2-3-4-5-6-7-8-11-14-18-17-19-15-12-9-10-13-16(15)20-21-17/h9-10,12-13H,2-8,11,14H2,1H3,(H,18,19,21). The van der Waals surface area contributed by atoms with Gasteiger partial charge in [-0.3, -0.25) is 0 Å². The number of para-hydroxylation sites is 1. The van der Waals surface area contributed by atoms with Crippen LogP contribution in [0.5, 0.6) is 0 Å². The minimum absolute atomic E-state index is 0.636. The number of benzene rings is 1. The molecular formula is C17H26N4. The van der Waals surface area contributed by atoms with E-state index in [1.165, 1.54) is 51.4 Å². The lowest BCUT2D eigenvalue weighted by atomic mass is 10.1.